The monoisotopic (exact) mass is 233 g/mol. The molecule has 1 saturated heterocycles. The minimum atomic E-state index is 0. The van der Waals surface area contributed by atoms with Gasteiger partial charge < -0.3 is 0 Å². The summed E-state index contributed by atoms with van der Waals surface area (Å²) in [5.74, 6) is 0.813. The zero-order valence-corrected chi connectivity index (χ0v) is 11.2. The van der Waals surface area contributed by atoms with Crippen molar-refractivity contribution in [1.29, 1.82) is 0 Å². The number of halogens is 1. The first-order valence-corrected chi connectivity index (χ1v) is 5.73. The highest BCUT2D eigenvalue weighted by atomic mass is 35.5. The molecule has 0 unspecified atom stereocenters. The van der Waals surface area contributed by atoms with E-state index < -0.39 is 0 Å². The molecule has 0 spiro atoms. The number of ketones is 1. The SMILES string of the molecule is CCCCC(=O)C1CN(C(C)(C)C)C1.Cl. The van der Waals surface area contributed by atoms with Crippen molar-refractivity contribution in [2.75, 3.05) is 13.1 Å². The second kappa shape index (κ2) is 5.86. The lowest BCUT2D eigenvalue weighted by Crippen LogP contribution is -2.58. The van der Waals surface area contributed by atoms with E-state index in [0.717, 1.165) is 32.4 Å². The predicted molar refractivity (Wildman–Crippen MR) is 66.6 cm³/mol. The van der Waals surface area contributed by atoms with Crippen LogP contribution in [0.5, 0.6) is 0 Å². The van der Waals surface area contributed by atoms with Crippen LogP contribution in [-0.4, -0.2) is 29.3 Å². The van der Waals surface area contributed by atoms with E-state index in [1.54, 1.807) is 0 Å². The molecule has 15 heavy (non-hydrogen) atoms. The van der Waals surface area contributed by atoms with Crippen LogP contribution in [0.25, 0.3) is 0 Å². The summed E-state index contributed by atoms with van der Waals surface area (Å²) < 4.78 is 0. The Balaban J connectivity index is 0.00000196. The first-order chi connectivity index (χ1) is 6.45. The van der Waals surface area contributed by atoms with Crippen LogP contribution in [0.4, 0.5) is 0 Å². The second-order valence-corrected chi connectivity index (χ2v) is 5.34. The van der Waals surface area contributed by atoms with Crippen LogP contribution >= 0.6 is 12.4 Å². The van der Waals surface area contributed by atoms with E-state index in [0.29, 0.717) is 11.7 Å². The van der Waals surface area contributed by atoms with E-state index in [4.69, 9.17) is 0 Å². The molecule has 0 N–H and O–H groups in total. The number of carbonyl (C=O) groups excluding carboxylic acids is 1. The molecular formula is C12H24ClNO. The van der Waals surface area contributed by atoms with Crippen LogP contribution in [0.2, 0.25) is 0 Å². The van der Waals surface area contributed by atoms with Gasteiger partial charge in [-0.3, -0.25) is 9.69 Å². The third kappa shape index (κ3) is 4.12. The molecule has 0 atom stereocenters. The van der Waals surface area contributed by atoms with Gasteiger partial charge in [-0.15, -0.1) is 12.4 Å². The fraction of sp³-hybridized carbons (Fsp3) is 0.917. The van der Waals surface area contributed by atoms with Crippen molar-refractivity contribution in [2.45, 2.75) is 52.5 Å². The first kappa shape index (κ1) is 14.9. The van der Waals surface area contributed by atoms with E-state index in [2.05, 4.69) is 32.6 Å². The Labute approximate surface area is 99.8 Å². The van der Waals surface area contributed by atoms with Gasteiger partial charge in [0.1, 0.15) is 5.78 Å². The molecule has 3 heteroatoms. The Hall–Kier alpha value is -0.0800. The number of likely N-dealkylation sites (tertiary alicyclic amines) is 1. The highest BCUT2D eigenvalue weighted by molar-refractivity contribution is 5.85. The molecule has 0 radical (unpaired) electrons. The fourth-order valence-corrected chi connectivity index (χ4v) is 1.79. The summed E-state index contributed by atoms with van der Waals surface area (Å²) in [6.45, 7) is 10.7. The molecule has 0 saturated carbocycles. The number of hydrogen-bond acceptors (Lipinski definition) is 2. The summed E-state index contributed by atoms with van der Waals surface area (Å²) >= 11 is 0. The summed E-state index contributed by atoms with van der Waals surface area (Å²) in [5, 5.41) is 0. The molecule has 1 fully saturated rings. The van der Waals surface area contributed by atoms with Crippen LogP contribution in [0.3, 0.4) is 0 Å². The molecular weight excluding hydrogens is 210 g/mol. The van der Waals surface area contributed by atoms with Gasteiger partial charge in [-0.25, -0.2) is 0 Å². The average Bonchev–Trinajstić information content (AvgIpc) is 1.94. The van der Waals surface area contributed by atoms with Crippen molar-refractivity contribution in [1.82, 2.24) is 4.90 Å². The fourth-order valence-electron chi connectivity index (χ4n) is 1.79. The van der Waals surface area contributed by atoms with Gasteiger partial charge in [0.15, 0.2) is 0 Å². The topological polar surface area (TPSA) is 20.3 Å². The van der Waals surface area contributed by atoms with Gasteiger partial charge >= 0.3 is 0 Å². The Kier molecular flexibility index (Phi) is 5.82. The van der Waals surface area contributed by atoms with Crippen molar-refractivity contribution in [3.8, 4) is 0 Å². The average molecular weight is 234 g/mol. The maximum atomic E-state index is 11.6. The number of nitrogens with zero attached hydrogens (tertiary/aromatic N) is 1. The summed E-state index contributed by atoms with van der Waals surface area (Å²) in [7, 11) is 0. The van der Waals surface area contributed by atoms with Crippen molar-refractivity contribution in [3.63, 3.8) is 0 Å². The molecule has 90 valence electrons. The number of carbonyl (C=O) groups is 1. The van der Waals surface area contributed by atoms with Crippen LogP contribution < -0.4 is 0 Å². The molecule has 0 bridgehead atoms. The number of Topliss-reactive ketones (excluding diaryl/α,β-unsaturated/α-hetero) is 1. The molecule has 0 aromatic heterocycles. The Morgan fingerprint density at radius 1 is 1.33 bits per heavy atom. The van der Waals surface area contributed by atoms with Gasteiger partial charge in [0, 0.05) is 31.0 Å². The number of rotatable bonds is 4. The van der Waals surface area contributed by atoms with E-state index in [1.165, 1.54) is 0 Å². The molecule has 0 aromatic rings. The number of unbranched alkanes of at least 4 members (excludes halogenated alkanes) is 1. The molecule has 0 aliphatic carbocycles. The van der Waals surface area contributed by atoms with Crippen molar-refractivity contribution < 1.29 is 4.79 Å². The van der Waals surface area contributed by atoms with E-state index in [9.17, 15) is 4.79 Å². The summed E-state index contributed by atoms with van der Waals surface area (Å²) in [6, 6.07) is 0. The zero-order valence-electron chi connectivity index (χ0n) is 10.4. The molecule has 0 aromatic carbocycles. The van der Waals surface area contributed by atoms with Crippen LogP contribution in [0, 0.1) is 5.92 Å². The Morgan fingerprint density at radius 3 is 2.27 bits per heavy atom. The van der Waals surface area contributed by atoms with Crippen molar-refractivity contribution in [3.05, 3.63) is 0 Å². The number of hydrogen-bond donors (Lipinski definition) is 0. The Morgan fingerprint density at radius 2 is 1.87 bits per heavy atom. The van der Waals surface area contributed by atoms with E-state index in [1.807, 2.05) is 0 Å². The molecule has 1 rings (SSSR count). The standard InChI is InChI=1S/C12H23NO.ClH/c1-5-6-7-11(14)10-8-13(9-10)12(2,3)4;/h10H,5-9H2,1-4H3;1H. The second-order valence-electron chi connectivity index (χ2n) is 5.34. The maximum Gasteiger partial charge on any atom is 0.138 e. The molecule has 1 heterocycles. The van der Waals surface area contributed by atoms with Crippen LogP contribution in [-0.2, 0) is 4.79 Å². The van der Waals surface area contributed by atoms with Gasteiger partial charge in [0.2, 0.25) is 0 Å². The van der Waals surface area contributed by atoms with Gasteiger partial charge in [0.25, 0.3) is 0 Å². The lowest BCUT2D eigenvalue weighted by molar-refractivity contribution is -0.130. The zero-order chi connectivity index (χ0) is 10.8. The summed E-state index contributed by atoms with van der Waals surface area (Å²) in [4.78, 5) is 14.0. The van der Waals surface area contributed by atoms with E-state index >= 15 is 0 Å². The van der Waals surface area contributed by atoms with Crippen molar-refractivity contribution >= 4 is 18.2 Å². The lowest BCUT2D eigenvalue weighted by Gasteiger charge is -2.47. The molecule has 0 amide bonds. The van der Waals surface area contributed by atoms with Crippen LogP contribution in [0.15, 0.2) is 0 Å². The minimum Gasteiger partial charge on any atom is -0.299 e. The predicted octanol–water partition coefficient (Wildman–Crippen LogP) is 2.90. The summed E-state index contributed by atoms with van der Waals surface area (Å²) in [5.41, 5.74) is 0.238. The highest BCUT2D eigenvalue weighted by Crippen LogP contribution is 2.26. The third-order valence-electron chi connectivity index (χ3n) is 3.06. The van der Waals surface area contributed by atoms with Gasteiger partial charge in [-0.05, 0) is 27.2 Å². The highest BCUT2D eigenvalue weighted by Gasteiger charge is 2.37. The molecule has 1 aliphatic heterocycles. The summed E-state index contributed by atoms with van der Waals surface area (Å²) in [6.07, 6.45) is 2.98. The quantitative estimate of drug-likeness (QED) is 0.744. The largest absolute Gasteiger partial charge is 0.299 e. The van der Waals surface area contributed by atoms with Gasteiger partial charge in [-0.1, -0.05) is 13.3 Å². The lowest BCUT2D eigenvalue weighted by atomic mass is 9.88. The van der Waals surface area contributed by atoms with E-state index in [-0.39, 0.29) is 17.9 Å². The normalized spacial score (nSPS) is 18.1. The molecule has 1 aliphatic rings. The third-order valence-corrected chi connectivity index (χ3v) is 3.06. The minimum absolute atomic E-state index is 0. The maximum absolute atomic E-state index is 11.6. The van der Waals surface area contributed by atoms with Crippen molar-refractivity contribution in [2.24, 2.45) is 5.92 Å². The smallest absolute Gasteiger partial charge is 0.138 e. The Bertz CT molecular complexity index is 204. The first-order valence-electron chi connectivity index (χ1n) is 5.73. The van der Waals surface area contributed by atoms with Gasteiger partial charge in [0.05, 0.1) is 0 Å². The van der Waals surface area contributed by atoms with Gasteiger partial charge in [-0.2, -0.15) is 0 Å². The molecule has 2 nitrogen and oxygen atoms in total. The van der Waals surface area contributed by atoms with Crippen LogP contribution in [0.1, 0.15) is 47.0 Å².